The minimum absolute atomic E-state index is 0.0699. The highest BCUT2D eigenvalue weighted by atomic mass is 16.3. The van der Waals surface area contributed by atoms with Crippen molar-refractivity contribution in [2.45, 2.75) is 59.0 Å². The number of β-amino-alcohol motifs (C(OH)–C–C–N with tert-alkyl or cyclic N) is 1. The molecule has 132 valence electrons. The largest absolute Gasteiger partial charge is 0.391 e. The number of hydrogen-bond donors (Lipinski definition) is 2. The summed E-state index contributed by atoms with van der Waals surface area (Å²) in [5, 5.41) is 13.6. The van der Waals surface area contributed by atoms with Crippen LogP contribution in [0.25, 0.3) is 0 Å². The number of piperidine rings is 1. The van der Waals surface area contributed by atoms with Crippen LogP contribution in [0.15, 0.2) is 18.2 Å². The van der Waals surface area contributed by atoms with Crippen molar-refractivity contribution >= 4 is 11.7 Å². The van der Waals surface area contributed by atoms with Crippen molar-refractivity contribution in [2.75, 3.05) is 18.4 Å². The Morgan fingerprint density at radius 2 is 2.00 bits per heavy atom. The number of anilines is 1. The van der Waals surface area contributed by atoms with E-state index in [2.05, 4.69) is 32.2 Å². The first-order chi connectivity index (χ1) is 11.4. The Kier molecular flexibility index (Phi) is 4.86. The Morgan fingerprint density at radius 1 is 1.25 bits per heavy atom. The second-order valence-electron chi connectivity index (χ2n) is 8.36. The van der Waals surface area contributed by atoms with Gasteiger partial charge >= 0.3 is 6.03 Å². The summed E-state index contributed by atoms with van der Waals surface area (Å²) in [6.45, 7) is 7.61. The van der Waals surface area contributed by atoms with Crippen LogP contribution in [0.5, 0.6) is 0 Å². The molecule has 24 heavy (non-hydrogen) atoms. The standard InChI is InChI=1S/C20H30N2O2/c1-20(2,3)16-11-12-22(13-18(16)23)19(24)21-17-10-6-8-14-7-4-5-9-15(14)17/h6,8,10,16,18,23H,4-5,7,9,11-13H2,1-3H3,(H,21,24). The predicted octanol–water partition coefficient (Wildman–Crippen LogP) is 3.83. The first kappa shape index (κ1) is 17.3. The van der Waals surface area contributed by atoms with Crippen LogP contribution in [-0.2, 0) is 12.8 Å². The molecule has 0 aromatic heterocycles. The molecule has 1 saturated heterocycles. The van der Waals surface area contributed by atoms with Crippen LogP contribution < -0.4 is 5.32 Å². The quantitative estimate of drug-likeness (QED) is 0.822. The predicted molar refractivity (Wildman–Crippen MR) is 97.2 cm³/mol. The second-order valence-corrected chi connectivity index (χ2v) is 8.36. The molecule has 0 radical (unpaired) electrons. The number of benzene rings is 1. The maximum atomic E-state index is 12.7. The van der Waals surface area contributed by atoms with Crippen molar-refractivity contribution in [2.24, 2.45) is 11.3 Å². The molecule has 1 aliphatic heterocycles. The number of rotatable bonds is 1. The van der Waals surface area contributed by atoms with Gasteiger partial charge in [-0.2, -0.15) is 0 Å². The van der Waals surface area contributed by atoms with Gasteiger partial charge in [0.15, 0.2) is 0 Å². The molecule has 1 fully saturated rings. The zero-order chi connectivity index (χ0) is 17.3. The average Bonchev–Trinajstić information content (AvgIpc) is 2.54. The zero-order valence-electron chi connectivity index (χ0n) is 15.1. The molecule has 2 N–H and O–H groups in total. The number of aliphatic hydroxyl groups is 1. The number of carbonyl (C=O) groups excluding carboxylic acids is 1. The number of likely N-dealkylation sites (tertiary alicyclic amines) is 1. The van der Waals surface area contributed by atoms with Crippen molar-refractivity contribution in [1.29, 1.82) is 0 Å². The van der Waals surface area contributed by atoms with E-state index in [1.807, 2.05) is 12.1 Å². The number of aryl methyl sites for hydroxylation is 1. The van der Waals surface area contributed by atoms with Gasteiger partial charge in [-0.15, -0.1) is 0 Å². The Labute approximate surface area is 145 Å². The number of amides is 2. The Hall–Kier alpha value is -1.55. The normalized spacial score (nSPS) is 24.4. The van der Waals surface area contributed by atoms with Crippen LogP contribution in [0.2, 0.25) is 0 Å². The van der Waals surface area contributed by atoms with E-state index in [4.69, 9.17) is 0 Å². The van der Waals surface area contributed by atoms with Gasteiger partial charge in [0, 0.05) is 18.8 Å². The SMILES string of the molecule is CC(C)(C)C1CCN(C(=O)Nc2cccc3c2CCCC3)CC1O. The summed E-state index contributed by atoms with van der Waals surface area (Å²) < 4.78 is 0. The van der Waals surface area contributed by atoms with E-state index in [-0.39, 0.29) is 17.4 Å². The van der Waals surface area contributed by atoms with Crippen LogP contribution in [0.1, 0.15) is 51.2 Å². The summed E-state index contributed by atoms with van der Waals surface area (Å²) in [6, 6.07) is 6.12. The van der Waals surface area contributed by atoms with Crippen LogP contribution in [-0.4, -0.2) is 35.2 Å². The summed E-state index contributed by atoms with van der Waals surface area (Å²) in [5.74, 6) is 0.242. The molecule has 3 rings (SSSR count). The summed E-state index contributed by atoms with van der Waals surface area (Å²) in [6.07, 6.45) is 4.97. The molecular formula is C20H30N2O2. The molecule has 0 saturated carbocycles. The fourth-order valence-electron chi connectivity index (χ4n) is 4.22. The minimum Gasteiger partial charge on any atom is -0.391 e. The lowest BCUT2D eigenvalue weighted by molar-refractivity contribution is -0.0108. The third-order valence-corrected chi connectivity index (χ3v) is 5.62. The van der Waals surface area contributed by atoms with E-state index in [1.54, 1.807) is 4.90 Å². The Morgan fingerprint density at radius 3 is 2.71 bits per heavy atom. The van der Waals surface area contributed by atoms with E-state index in [0.29, 0.717) is 13.1 Å². The van der Waals surface area contributed by atoms with Crippen LogP contribution in [0.3, 0.4) is 0 Å². The molecule has 1 aliphatic carbocycles. The fourth-order valence-corrected chi connectivity index (χ4v) is 4.22. The highest BCUT2D eigenvalue weighted by molar-refractivity contribution is 5.90. The molecule has 1 heterocycles. The monoisotopic (exact) mass is 330 g/mol. The highest BCUT2D eigenvalue weighted by Crippen LogP contribution is 2.35. The van der Waals surface area contributed by atoms with Crippen LogP contribution >= 0.6 is 0 Å². The number of nitrogens with zero attached hydrogens (tertiary/aromatic N) is 1. The highest BCUT2D eigenvalue weighted by Gasteiger charge is 2.37. The van der Waals surface area contributed by atoms with E-state index in [9.17, 15) is 9.90 Å². The molecule has 2 amide bonds. The van der Waals surface area contributed by atoms with Crippen molar-refractivity contribution in [1.82, 2.24) is 4.90 Å². The molecule has 1 aromatic carbocycles. The maximum Gasteiger partial charge on any atom is 0.321 e. The molecule has 4 heteroatoms. The van der Waals surface area contributed by atoms with Gasteiger partial charge in [-0.1, -0.05) is 32.9 Å². The van der Waals surface area contributed by atoms with Gasteiger partial charge in [0.05, 0.1) is 6.10 Å². The minimum atomic E-state index is -0.450. The van der Waals surface area contributed by atoms with Gasteiger partial charge in [-0.3, -0.25) is 0 Å². The summed E-state index contributed by atoms with van der Waals surface area (Å²) >= 11 is 0. The molecule has 0 spiro atoms. The number of urea groups is 1. The first-order valence-corrected chi connectivity index (χ1v) is 9.21. The fraction of sp³-hybridized carbons (Fsp3) is 0.650. The zero-order valence-corrected chi connectivity index (χ0v) is 15.1. The van der Waals surface area contributed by atoms with E-state index >= 15 is 0 Å². The molecule has 2 aliphatic rings. The van der Waals surface area contributed by atoms with Gasteiger partial charge in [0.2, 0.25) is 0 Å². The topological polar surface area (TPSA) is 52.6 Å². The summed E-state index contributed by atoms with van der Waals surface area (Å²) in [7, 11) is 0. The van der Waals surface area contributed by atoms with E-state index in [1.165, 1.54) is 24.0 Å². The first-order valence-electron chi connectivity index (χ1n) is 9.21. The smallest absolute Gasteiger partial charge is 0.321 e. The lowest BCUT2D eigenvalue weighted by atomic mass is 9.74. The summed E-state index contributed by atoms with van der Waals surface area (Å²) in [5.41, 5.74) is 3.68. The van der Waals surface area contributed by atoms with Crippen molar-refractivity contribution in [3.63, 3.8) is 0 Å². The van der Waals surface area contributed by atoms with E-state index in [0.717, 1.165) is 24.9 Å². The summed E-state index contributed by atoms with van der Waals surface area (Å²) in [4.78, 5) is 14.4. The average molecular weight is 330 g/mol. The van der Waals surface area contributed by atoms with Crippen LogP contribution in [0.4, 0.5) is 10.5 Å². The van der Waals surface area contributed by atoms with Gasteiger partial charge in [0.25, 0.3) is 0 Å². The molecule has 2 atom stereocenters. The number of hydrogen-bond acceptors (Lipinski definition) is 2. The third-order valence-electron chi connectivity index (χ3n) is 5.62. The lowest BCUT2D eigenvalue weighted by Crippen LogP contribution is -2.51. The second kappa shape index (κ2) is 6.75. The number of aliphatic hydroxyl groups excluding tert-OH is 1. The number of fused-ring (bicyclic) bond motifs is 1. The van der Waals surface area contributed by atoms with Gasteiger partial charge in [-0.05, 0) is 60.6 Å². The van der Waals surface area contributed by atoms with Crippen molar-refractivity contribution < 1.29 is 9.90 Å². The van der Waals surface area contributed by atoms with E-state index < -0.39 is 6.10 Å². The Balaban J connectivity index is 1.67. The number of carbonyl (C=O) groups is 1. The van der Waals surface area contributed by atoms with Gasteiger partial charge < -0.3 is 15.3 Å². The van der Waals surface area contributed by atoms with Crippen molar-refractivity contribution in [3.8, 4) is 0 Å². The molecule has 0 bridgehead atoms. The number of nitrogens with one attached hydrogen (secondary N) is 1. The third kappa shape index (κ3) is 3.59. The lowest BCUT2D eigenvalue weighted by Gasteiger charge is -2.42. The molecule has 4 nitrogen and oxygen atoms in total. The maximum absolute atomic E-state index is 12.7. The van der Waals surface area contributed by atoms with Crippen molar-refractivity contribution in [3.05, 3.63) is 29.3 Å². The van der Waals surface area contributed by atoms with Gasteiger partial charge in [0.1, 0.15) is 0 Å². The molecule has 2 unspecified atom stereocenters. The van der Waals surface area contributed by atoms with Crippen LogP contribution in [0, 0.1) is 11.3 Å². The molecular weight excluding hydrogens is 300 g/mol. The Bertz CT molecular complexity index is 606. The van der Waals surface area contributed by atoms with Gasteiger partial charge in [-0.25, -0.2) is 4.79 Å². The molecule has 1 aromatic rings.